The molecule has 0 aliphatic carbocycles. The van der Waals surface area contributed by atoms with E-state index < -0.39 is 5.82 Å². The predicted molar refractivity (Wildman–Crippen MR) is 88.1 cm³/mol. The maximum absolute atomic E-state index is 13.5. The maximum atomic E-state index is 13.5. The summed E-state index contributed by atoms with van der Waals surface area (Å²) in [6.45, 7) is 0. The smallest absolute Gasteiger partial charge is 0.227 e. The molecule has 0 radical (unpaired) electrons. The van der Waals surface area contributed by atoms with Crippen LogP contribution in [0.5, 0.6) is 0 Å². The average Bonchev–Trinajstić information content (AvgIpc) is 3.05. The molecule has 0 saturated heterocycles. The number of hydrogen-bond donors (Lipinski definition) is 1. The number of amides is 1. The highest BCUT2D eigenvalue weighted by molar-refractivity contribution is 6.30. The Morgan fingerprint density at radius 3 is 2.67 bits per heavy atom. The third-order valence-electron chi connectivity index (χ3n) is 3.28. The molecule has 0 fully saturated rings. The number of anilines is 1. The summed E-state index contributed by atoms with van der Waals surface area (Å²) in [4.78, 5) is 16.1. The molecule has 1 heterocycles. The molecular formula is C17H13ClFN3O2. The first-order valence-electron chi connectivity index (χ1n) is 7.25. The topological polar surface area (TPSA) is 68.0 Å². The Hall–Kier alpha value is -2.73. The van der Waals surface area contributed by atoms with Crippen molar-refractivity contribution < 1.29 is 13.7 Å². The van der Waals surface area contributed by atoms with Crippen LogP contribution in [0.1, 0.15) is 12.3 Å². The molecule has 7 heteroatoms. The van der Waals surface area contributed by atoms with Crippen LogP contribution in [0, 0.1) is 5.82 Å². The molecular weight excluding hydrogens is 333 g/mol. The molecule has 0 aliphatic heterocycles. The van der Waals surface area contributed by atoms with E-state index in [0.29, 0.717) is 16.7 Å². The van der Waals surface area contributed by atoms with Gasteiger partial charge < -0.3 is 9.84 Å². The van der Waals surface area contributed by atoms with Crippen molar-refractivity contribution in [1.82, 2.24) is 10.1 Å². The maximum Gasteiger partial charge on any atom is 0.227 e. The van der Waals surface area contributed by atoms with Crippen molar-refractivity contribution in [2.24, 2.45) is 0 Å². The first kappa shape index (κ1) is 16.1. The second kappa shape index (κ2) is 7.23. The number of halogens is 2. The van der Waals surface area contributed by atoms with E-state index in [1.54, 1.807) is 36.4 Å². The van der Waals surface area contributed by atoms with Crippen LogP contribution in [0.25, 0.3) is 11.4 Å². The third kappa shape index (κ3) is 3.97. The standard InChI is InChI=1S/C17H13ClFN3O2/c18-12-7-5-11(6-8-12)17-21-16(24-22-17)10-9-15(23)20-14-4-2-1-3-13(14)19/h1-8H,9-10H2,(H,20,23). The van der Waals surface area contributed by atoms with Crippen LogP contribution in [-0.2, 0) is 11.2 Å². The molecule has 0 aliphatic rings. The number of carbonyl (C=O) groups excluding carboxylic acids is 1. The lowest BCUT2D eigenvalue weighted by Crippen LogP contribution is -2.13. The lowest BCUT2D eigenvalue weighted by atomic mass is 10.2. The van der Waals surface area contributed by atoms with Crippen molar-refractivity contribution in [2.75, 3.05) is 5.32 Å². The van der Waals surface area contributed by atoms with E-state index >= 15 is 0 Å². The van der Waals surface area contributed by atoms with Crippen LogP contribution in [0.3, 0.4) is 0 Å². The van der Waals surface area contributed by atoms with Crippen molar-refractivity contribution in [2.45, 2.75) is 12.8 Å². The van der Waals surface area contributed by atoms with Gasteiger partial charge in [-0.15, -0.1) is 0 Å². The van der Waals surface area contributed by atoms with Gasteiger partial charge in [0, 0.05) is 23.4 Å². The first-order valence-corrected chi connectivity index (χ1v) is 7.62. The second-order valence-electron chi connectivity index (χ2n) is 5.05. The Bertz CT molecular complexity index is 849. The molecule has 0 saturated carbocycles. The van der Waals surface area contributed by atoms with Crippen LogP contribution < -0.4 is 5.32 Å². The highest BCUT2D eigenvalue weighted by atomic mass is 35.5. The van der Waals surface area contributed by atoms with Crippen molar-refractivity contribution >= 4 is 23.2 Å². The quantitative estimate of drug-likeness (QED) is 0.756. The molecule has 1 aromatic heterocycles. The molecule has 3 rings (SSSR count). The zero-order valence-corrected chi connectivity index (χ0v) is 13.3. The fourth-order valence-corrected chi connectivity index (χ4v) is 2.19. The van der Waals surface area contributed by atoms with Crippen molar-refractivity contribution in [3.05, 3.63) is 65.3 Å². The van der Waals surface area contributed by atoms with Crippen molar-refractivity contribution in [1.29, 1.82) is 0 Å². The van der Waals surface area contributed by atoms with Crippen molar-refractivity contribution in [3.63, 3.8) is 0 Å². The summed E-state index contributed by atoms with van der Waals surface area (Å²) in [5.41, 5.74) is 0.917. The molecule has 0 atom stereocenters. The summed E-state index contributed by atoms with van der Waals surface area (Å²) in [5, 5.41) is 7.00. The largest absolute Gasteiger partial charge is 0.339 e. The monoisotopic (exact) mass is 345 g/mol. The molecule has 0 unspecified atom stereocenters. The van der Waals surface area contributed by atoms with E-state index in [0.717, 1.165) is 5.56 Å². The molecule has 1 amide bonds. The normalized spacial score (nSPS) is 10.6. The molecule has 1 N–H and O–H groups in total. The first-order chi connectivity index (χ1) is 11.6. The van der Waals surface area contributed by atoms with Crippen LogP contribution in [-0.4, -0.2) is 16.0 Å². The Kier molecular flexibility index (Phi) is 4.86. The van der Waals surface area contributed by atoms with Crippen molar-refractivity contribution in [3.8, 4) is 11.4 Å². The fraction of sp³-hybridized carbons (Fsp3) is 0.118. The number of aryl methyl sites for hydroxylation is 1. The molecule has 0 spiro atoms. The van der Waals surface area contributed by atoms with Gasteiger partial charge in [0.25, 0.3) is 0 Å². The van der Waals surface area contributed by atoms with E-state index in [1.807, 2.05) is 0 Å². The number of hydrogen-bond acceptors (Lipinski definition) is 4. The van der Waals surface area contributed by atoms with Gasteiger partial charge >= 0.3 is 0 Å². The average molecular weight is 346 g/mol. The van der Waals surface area contributed by atoms with Crippen LogP contribution in [0.2, 0.25) is 5.02 Å². The van der Waals surface area contributed by atoms with Gasteiger partial charge in [-0.1, -0.05) is 28.9 Å². The van der Waals surface area contributed by atoms with Gasteiger partial charge in [-0.2, -0.15) is 4.98 Å². The van der Waals surface area contributed by atoms with Gasteiger partial charge in [-0.05, 0) is 36.4 Å². The van der Waals surface area contributed by atoms with Gasteiger partial charge in [0.1, 0.15) is 5.82 Å². The molecule has 122 valence electrons. The van der Waals surface area contributed by atoms with Gasteiger partial charge in [0.2, 0.25) is 17.6 Å². The summed E-state index contributed by atoms with van der Waals surface area (Å²) in [5.74, 6) is -0.0418. The van der Waals surface area contributed by atoms with Gasteiger partial charge in [-0.3, -0.25) is 4.79 Å². The SMILES string of the molecule is O=C(CCc1nc(-c2ccc(Cl)cc2)no1)Nc1ccccc1F. The summed E-state index contributed by atoms with van der Waals surface area (Å²) < 4.78 is 18.6. The summed E-state index contributed by atoms with van der Waals surface area (Å²) >= 11 is 5.83. The summed E-state index contributed by atoms with van der Waals surface area (Å²) in [7, 11) is 0. The van der Waals surface area contributed by atoms with E-state index in [9.17, 15) is 9.18 Å². The number of nitrogens with zero attached hydrogens (tertiary/aromatic N) is 2. The second-order valence-corrected chi connectivity index (χ2v) is 5.48. The Balaban J connectivity index is 1.58. The number of para-hydroxylation sites is 1. The number of benzene rings is 2. The lowest BCUT2D eigenvalue weighted by molar-refractivity contribution is -0.116. The molecule has 2 aromatic carbocycles. The van der Waals surface area contributed by atoms with E-state index in [-0.39, 0.29) is 24.4 Å². The van der Waals surface area contributed by atoms with Gasteiger partial charge in [0.15, 0.2) is 0 Å². The van der Waals surface area contributed by atoms with Crippen LogP contribution >= 0.6 is 11.6 Å². The minimum Gasteiger partial charge on any atom is -0.339 e. The van der Waals surface area contributed by atoms with Gasteiger partial charge in [0.05, 0.1) is 5.69 Å². The number of carbonyl (C=O) groups is 1. The lowest BCUT2D eigenvalue weighted by Gasteiger charge is -2.04. The Morgan fingerprint density at radius 2 is 1.92 bits per heavy atom. The van der Waals surface area contributed by atoms with Gasteiger partial charge in [-0.25, -0.2) is 4.39 Å². The molecule has 24 heavy (non-hydrogen) atoms. The minimum absolute atomic E-state index is 0.108. The van der Waals surface area contributed by atoms with Crippen LogP contribution in [0.15, 0.2) is 53.1 Å². The number of nitrogens with one attached hydrogen (secondary N) is 1. The highest BCUT2D eigenvalue weighted by Gasteiger charge is 2.12. The molecule has 3 aromatic rings. The highest BCUT2D eigenvalue weighted by Crippen LogP contribution is 2.19. The Labute approximate surface area is 142 Å². The Morgan fingerprint density at radius 1 is 1.17 bits per heavy atom. The third-order valence-corrected chi connectivity index (χ3v) is 3.54. The van der Waals surface area contributed by atoms with E-state index in [2.05, 4.69) is 15.5 Å². The summed E-state index contributed by atoms with van der Waals surface area (Å²) in [6, 6.07) is 13.0. The molecule has 5 nitrogen and oxygen atoms in total. The van der Waals surface area contributed by atoms with Crippen LogP contribution in [0.4, 0.5) is 10.1 Å². The zero-order valence-electron chi connectivity index (χ0n) is 12.5. The number of aromatic nitrogens is 2. The predicted octanol–water partition coefficient (Wildman–Crippen LogP) is 4.10. The number of rotatable bonds is 5. The molecule has 0 bridgehead atoms. The summed E-state index contributed by atoms with van der Waals surface area (Å²) in [6.07, 6.45) is 0.372. The minimum atomic E-state index is -0.478. The van der Waals surface area contributed by atoms with E-state index in [4.69, 9.17) is 16.1 Å². The zero-order chi connectivity index (χ0) is 16.9. The fourth-order valence-electron chi connectivity index (χ4n) is 2.07. The van der Waals surface area contributed by atoms with E-state index in [1.165, 1.54) is 12.1 Å².